The topological polar surface area (TPSA) is 30.5 Å². The third kappa shape index (κ3) is 12.3. The molecule has 8 atom stereocenters. The van der Waals surface area contributed by atoms with Crippen LogP contribution in [0.25, 0.3) is 11.1 Å². The Bertz CT molecular complexity index is 4220. The molecule has 4 heteroatoms. The molecular formula is C95H108N4. The van der Waals surface area contributed by atoms with Crippen molar-refractivity contribution in [3.63, 3.8) is 0 Å². The first-order valence-electron chi connectivity index (χ1n) is 38.3. The number of anilines is 1. The molecular weight excluding hydrogens is 1200 g/mol. The van der Waals surface area contributed by atoms with Gasteiger partial charge < -0.3 is 15.1 Å². The molecule has 0 aromatic heterocycles. The second-order valence-corrected chi connectivity index (χ2v) is 29.8. The molecule has 99 heavy (non-hydrogen) atoms. The van der Waals surface area contributed by atoms with Crippen molar-refractivity contribution in [3.8, 4) is 0 Å². The average Bonchev–Trinajstić information content (AvgIpc) is 1.56. The van der Waals surface area contributed by atoms with Crippen LogP contribution >= 0.6 is 0 Å². The molecule has 2 heterocycles. The van der Waals surface area contributed by atoms with Gasteiger partial charge in [0.1, 0.15) is 6.17 Å². The first-order chi connectivity index (χ1) is 48.7. The Morgan fingerprint density at radius 3 is 2.36 bits per heavy atom. The highest BCUT2D eigenvalue weighted by molar-refractivity contribution is 5.94. The zero-order valence-electron chi connectivity index (χ0n) is 59.9. The number of para-hydroxylation sites is 1. The number of nitrogens with one attached hydrogen (secondary N) is 2. The molecule has 9 aliphatic carbocycles. The lowest BCUT2D eigenvalue weighted by atomic mass is 9.44. The van der Waals surface area contributed by atoms with Crippen molar-refractivity contribution in [1.82, 2.24) is 15.5 Å². The Kier molecular flexibility index (Phi) is 20.6. The standard InChI is InChI=1S/C95H108N4/c1-9-14-39-74(13-5)98-64-34-17-16-33-63-96-93(98)73-60-58-72(59-61-73)91(81-47-22-21-43-76(81)67(7)70(12-4)57-55-66(6)92-97-89-53-31-32-54-90(89)99(92)75-40-19-18-20-41-75)71(36-11-3)38-35-37-69-56-62-87-88(65-69)94(68(8)77(42-15-10-2)78-44-23-26-48-82(78)94)85-51-29-30-52-86(85)95(87)83-49-27-24-45-79(83)80-46-25-28-50-84(80)95/h9-11,13-20,23-27,29-30,39-42,44-46,48-49,51,55,57-60,69-70,73,86,92-93,96-97H,2-3,5-7,12,21-22,28,31-38,43,47,50,52-54,56,61-65H2,1,4,8H3/b14-9-,17-16-,42-15-,57-55-,74-39+,91-71+. The molecule has 8 unspecified atom stereocenters. The number of allylic oxidation sites excluding steroid dienone is 31. The monoisotopic (exact) mass is 1300 g/mol. The van der Waals surface area contributed by atoms with Crippen LogP contribution in [0.1, 0.15) is 184 Å². The van der Waals surface area contributed by atoms with E-state index in [1.54, 1.807) is 33.4 Å². The van der Waals surface area contributed by atoms with E-state index in [4.69, 9.17) is 13.2 Å². The van der Waals surface area contributed by atoms with E-state index in [0.29, 0.717) is 11.8 Å². The van der Waals surface area contributed by atoms with E-state index in [1.807, 2.05) is 6.08 Å². The molecule has 508 valence electrons. The lowest BCUT2D eigenvalue weighted by molar-refractivity contribution is 0.178. The molecule has 2 aliphatic heterocycles. The Hall–Kier alpha value is -8.44. The van der Waals surface area contributed by atoms with Gasteiger partial charge in [-0.15, -0.1) is 6.58 Å². The maximum absolute atomic E-state index is 5.17. The summed E-state index contributed by atoms with van der Waals surface area (Å²) < 4.78 is 0. The molecule has 0 fully saturated rings. The summed E-state index contributed by atoms with van der Waals surface area (Å²) in [5, 5.41) is 8.05. The number of rotatable bonds is 21. The third-order valence-corrected chi connectivity index (χ3v) is 24.6. The minimum Gasteiger partial charge on any atom is -0.363 e. The van der Waals surface area contributed by atoms with Gasteiger partial charge in [-0.25, -0.2) is 0 Å². The molecule has 4 nitrogen and oxygen atoms in total. The van der Waals surface area contributed by atoms with Crippen LogP contribution in [-0.4, -0.2) is 30.3 Å². The molecule has 2 spiro atoms. The van der Waals surface area contributed by atoms with Crippen molar-refractivity contribution in [1.29, 1.82) is 0 Å². The highest BCUT2D eigenvalue weighted by Crippen LogP contribution is 2.72. The van der Waals surface area contributed by atoms with E-state index in [-0.39, 0.29) is 35.0 Å². The number of nitrogens with zero attached hydrogens (tertiary/aromatic N) is 2. The largest absolute Gasteiger partial charge is 0.363 e. The smallest absolute Gasteiger partial charge is 0.129 e. The lowest BCUT2D eigenvalue weighted by Crippen LogP contribution is -2.52. The second-order valence-electron chi connectivity index (χ2n) is 29.8. The molecule has 3 aromatic carbocycles. The Morgan fingerprint density at radius 2 is 1.57 bits per heavy atom. The van der Waals surface area contributed by atoms with Crippen LogP contribution in [-0.2, 0) is 10.8 Å². The van der Waals surface area contributed by atoms with Crippen molar-refractivity contribution < 1.29 is 0 Å². The van der Waals surface area contributed by atoms with Crippen molar-refractivity contribution in [2.45, 2.75) is 185 Å². The molecule has 11 aliphatic rings. The van der Waals surface area contributed by atoms with E-state index in [1.165, 1.54) is 123 Å². The number of hydrogen-bond acceptors (Lipinski definition) is 4. The van der Waals surface area contributed by atoms with Crippen LogP contribution in [0, 0.1) is 23.7 Å². The third-order valence-electron chi connectivity index (χ3n) is 24.6. The Morgan fingerprint density at radius 1 is 0.778 bits per heavy atom. The van der Waals surface area contributed by atoms with Gasteiger partial charge in [0.2, 0.25) is 0 Å². The van der Waals surface area contributed by atoms with Gasteiger partial charge in [0.15, 0.2) is 0 Å². The van der Waals surface area contributed by atoms with E-state index >= 15 is 0 Å². The van der Waals surface area contributed by atoms with Gasteiger partial charge in [0.25, 0.3) is 0 Å². The normalized spacial score (nSPS) is 27.5. The summed E-state index contributed by atoms with van der Waals surface area (Å²) in [5.74, 6) is 1.31. The van der Waals surface area contributed by atoms with E-state index in [0.717, 1.165) is 121 Å². The highest BCUT2D eigenvalue weighted by Gasteiger charge is 2.64. The zero-order valence-corrected chi connectivity index (χ0v) is 59.9. The van der Waals surface area contributed by atoms with Crippen molar-refractivity contribution in [2.24, 2.45) is 23.7 Å². The number of benzene rings is 3. The second kappa shape index (κ2) is 30.2. The molecule has 2 N–H and O–H groups in total. The Balaban J connectivity index is 0.837. The zero-order chi connectivity index (χ0) is 68.0. The summed E-state index contributed by atoms with van der Waals surface area (Å²) in [6.07, 6.45) is 71.1. The Labute approximate surface area is 595 Å². The summed E-state index contributed by atoms with van der Waals surface area (Å²) in [5.41, 5.74) is 31.5. The average molecular weight is 1310 g/mol. The quantitative estimate of drug-likeness (QED) is 0.0822. The highest BCUT2D eigenvalue weighted by atomic mass is 15.3. The number of hydrogen-bond donors (Lipinski definition) is 2. The van der Waals surface area contributed by atoms with Crippen LogP contribution in [0.15, 0.2) is 317 Å². The van der Waals surface area contributed by atoms with Gasteiger partial charge in [-0.05, 0) is 269 Å². The van der Waals surface area contributed by atoms with Crippen molar-refractivity contribution in [2.75, 3.05) is 18.0 Å². The van der Waals surface area contributed by atoms with Gasteiger partial charge >= 0.3 is 0 Å². The van der Waals surface area contributed by atoms with E-state index in [9.17, 15) is 0 Å². The van der Waals surface area contributed by atoms with Crippen LogP contribution in [0.4, 0.5) is 5.69 Å². The van der Waals surface area contributed by atoms with E-state index < -0.39 is 0 Å². The molecule has 0 bridgehead atoms. The molecule has 0 amide bonds. The molecule has 14 rings (SSSR count). The first-order valence-corrected chi connectivity index (χ1v) is 38.3. The fourth-order valence-corrected chi connectivity index (χ4v) is 20.3. The minimum absolute atomic E-state index is 0.0139. The van der Waals surface area contributed by atoms with Gasteiger partial charge in [-0.3, -0.25) is 5.32 Å². The summed E-state index contributed by atoms with van der Waals surface area (Å²) >= 11 is 0. The van der Waals surface area contributed by atoms with Crippen molar-refractivity contribution in [3.05, 3.63) is 340 Å². The maximum atomic E-state index is 5.17. The molecule has 0 radical (unpaired) electrons. The van der Waals surface area contributed by atoms with Crippen molar-refractivity contribution >= 4 is 16.8 Å². The predicted octanol–water partition coefficient (Wildman–Crippen LogP) is 23.7. The fourth-order valence-electron chi connectivity index (χ4n) is 20.3. The SMILES string of the molecule is C=C/C=C\C1=C(C)C2(C3=CC=CCC3C3(C4=C(C=CCC4)c4ccccc43)C3=C2CC(CCC/C(CC=C)=C(\C2=CCC(C4NCC/C=C\CCN4/C(C=C)=C/C=C\C)C=C2)C2=C(C(=C)C(/C=C\C(=C)C4NC5=C(CCCC5)N4c4ccccc4)CC)CCCC2)CC3)c2ccccc21. The summed E-state index contributed by atoms with van der Waals surface area (Å²) in [7, 11) is 0. The van der Waals surface area contributed by atoms with Gasteiger partial charge in [-0.1, -0.05) is 226 Å². The van der Waals surface area contributed by atoms with Crippen LogP contribution in [0.3, 0.4) is 0 Å². The minimum atomic E-state index is -0.320. The van der Waals surface area contributed by atoms with E-state index in [2.05, 4.69) is 255 Å². The number of fused-ring (bicyclic) bond motifs is 11. The predicted molar refractivity (Wildman–Crippen MR) is 422 cm³/mol. The van der Waals surface area contributed by atoms with Gasteiger partial charge in [0.05, 0.1) is 11.6 Å². The fraction of sp³-hybridized carbons (Fsp3) is 0.368. The van der Waals surface area contributed by atoms with Crippen LogP contribution < -0.4 is 15.5 Å². The summed E-state index contributed by atoms with van der Waals surface area (Å²) in [6.45, 7) is 32.0. The first kappa shape index (κ1) is 67.7. The summed E-state index contributed by atoms with van der Waals surface area (Å²) in [6, 6.07) is 30.1. The lowest BCUT2D eigenvalue weighted by Gasteiger charge is -2.58. The molecule has 0 saturated carbocycles. The molecule has 3 aromatic rings. The van der Waals surface area contributed by atoms with Gasteiger partial charge in [-0.2, -0.15) is 0 Å². The maximum Gasteiger partial charge on any atom is 0.129 e. The van der Waals surface area contributed by atoms with Crippen LogP contribution in [0.2, 0.25) is 0 Å². The van der Waals surface area contributed by atoms with Crippen LogP contribution in [0.5, 0.6) is 0 Å². The van der Waals surface area contributed by atoms with Gasteiger partial charge in [0, 0.05) is 59.0 Å². The molecule has 0 saturated heterocycles. The summed E-state index contributed by atoms with van der Waals surface area (Å²) in [4.78, 5) is 5.11.